The molecular formula is C16H13F3N4O. The number of carbonyl (C=O) groups is 1. The number of benzene rings is 1. The minimum Gasteiger partial charge on any atom is -0.334 e. The topological polar surface area (TPSA) is 72.8 Å². The van der Waals surface area contributed by atoms with E-state index in [2.05, 4.69) is 10.2 Å². The summed E-state index contributed by atoms with van der Waals surface area (Å²) in [6.07, 6.45) is -4.00. The van der Waals surface area contributed by atoms with Gasteiger partial charge in [0.1, 0.15) is 0 Å². The highest BCUT2D eigenvalue weighted by Crippen LogP contribution is 2.34. The number of hydrogen-bond donors (Lipinski definition) is 1. The molecule has 124 valence electrons. The molecule has 24 heavy (non-hydrogen) atoms. The first-order valence-corrected chi connectivity index (χ1v) is 7.28. The molecule has 0 aliphatic carbocycles. The molecule has 3 rings (SSSR count). The van der Waals surface area contributed by atoms with Gasteiger partial charge in [-0.1, -0.05) is 12.1 Å². The third kappa shape index (κ3) is 2.97. The van der Waals surface area contributed by atoms with E-state index in [1.54, 1.807) is 24.3 Å². The average Bonchev–Trinajstić information content (AvgIpc) is 2.98. The number of H-pyrrole nitrogens is 1. The Labute approximate surface area is 135 Å². The summed E-state index contributed by atoms with van der Waals surface area (Å²) >= 11 is 0. The molecule has 5 nitrogen and oxygen atoms in total. The second-order valence-corrected chi connectivity index (χ2v) is 5.54. The lowest BCUT2D eigenvalue weighted by Gasteiger charge is -2.27. The van der Waals surface area contributed by atoms with Crippen LogP contribution in [0.4, 0.5) is 13.2 Å². The molecule has 0 fully saturated rings. The molecule has 0 unspecified atom stereocenters. The summed E-state index contributed by atoms with van der Waals surface area (Å²) in [6.45, 7) is 0.199. The van der Waals surface area contributed by atoms with E-state index in [1.165, 1.54) is 4.90 Å². The molecule has 2 heterocycles. The monoisotopic (exact) mass is 334 g/mol. The van der Waals surface area contributed by atoms with Gasteiger partial charge >= 0.3 is 6.18 Å². The number of hydrogen-bond acceptors (Lipinski definition) is 3. The van der Waals surface area contributed by atoms with Gasteiger partial charge in [0.25, 0.3) is 5.91 Å². The molecule has 1 aliphatic rings. The van der Waals surface area contributed by atoms with Crippen molar-refractivity contribution in [1.82, 2.24) is 15.1 Å². The lowest BCUT2D eigenvalue weighted by molar-refractivity contribution is -0.142. The number of amides is 1. The second kappa shape index (κ2) is 6.00. The van der Waals surface area contributed by atoms with E-state index in [0.717, 1.165) is 5.56 Å². The van der Waals surface area contributed by atoms with Crippen molar-refractivity contribution in [2.75, 3.05) is 6.54 Å². The van der Waals surface area contributed by atoms with Crippen molar-refractivity contribution >= 4 is 5.91 Å². The highest BCUT2D eigenvalue weighted by Gasteiger charge is 2.39. The summed E-state index contributed by atoms with van der Waals surface area (Å²) in [4.78, 5) is 13.9. The van der Waals surface area contributed by atoms with Crippen molar-refractivity contribution in [3.63, 3.8) is 0 Å². The zero-order valence-corrected chi connectivity index (χ0v) is 12.5. The van der Waals surface area contributed by atoms with E-state index >= 15 is 0 Å². The number of aromatic nitrogens is 2. The number of rotatable bonds is 2. The normalized spacial score (nSPS) is 14.2. The fourth-order valence-electron chi connectivity index (χ4n) is 2.74. The van der Waals surface area contributed by atoms with Crippen LogP contribution in [0.5, 0.6) is 0 Å². The van der Waals surface area contributed by atoms with Gasteiger partial charge in [-0.05, 0) is 17.7 Å². The molecular weight excluding hydrogens is 321 g/mol. The minimum absolute atomic E-state index is 0.0307. The van der Waals surface area contributed by atoms with Crippen LogP contribution < -0.4 is 0 Å². The quantitative estimate of drug-likeness (QED) is 0.918. The fraction of sp³-hybridized carbons (Fsp3) is 0.312. The highest BCUT2D eigenvalue weighted by molar-refractivity contribution is 5.94. The Morgan fingerprint density at radius 3 is 2.67 bits per heavy atom. The van der Waals surface area contributed by atoms with Crippen LogP contribution in [0.1, 0.15) is 32.9 Å². The number of halogens is 3. The van der Waals surface area contributed by atoms with E-state index in [1.807, 2.05) is 6.07 Å². The van der Waals surface area contributed by atoms with Crippen LogP contribution in [0.3, 0.4) is 0 Å². The number of carbonyl (C=O) groups excluding carboxylic acids is 1. The number of nitrogens with one attached hydrogen (secondary N) is 1. The zero-order valence-electron chi connectivity index (χ0n) is 12.5. The summed E-state index contributed by atoms with van der Waals surface area (Å²) < 4.78 is 38.9. The van der Waals surface area contributed by atoms with Gasteiger partial charge in [0.2, 0.25) is 0 Å². The van der Waals surface area contributed by atoms with Crippen molar-refractivity contribution in [2.24, 2.45) is 0 Å². The molecule has 1 N–H and O–H groups in total. The summed E-state index contributed by atoms with van der Waals surface area (Å²) in [6, 6.07) is 8.53. The Morgan fingerprint density at radius 2 is 2.04 bits per heavy atom. The number of aromatic amines is 1. The van der Waals surface area contributed by atoms with E-state index < -0.39 is 11.9 Å². The van der Waals surface area contributed by atoms with E-state index in [9.17, 15) is 18.0 Å². The minimum atomic E-state index is -4.55. The largest absolute Gasteiger partial charge is 0.435 e. The van der Waals surface area contributed by atoms with Crippen molar-refractivity contribution in [2.45, 2.75) is 25.6 Å². The van der Waals surface area contributed by atoms with Crippen LogP contribution in [0.15, 0.2) is 24.3 Å². The van der Waals surface area contributed by atoms with Crippen LogP contribution >= 0.6 is 0 Å². The standard InChI is InChI=1S/C16H13F3N4O/c17-16(18,19)14-12-9-23(8-6-13(12)21-22-14)15(24)11-3-1-10(2-4-11)5-7-20/h1-4H,5-6,8-9H2,(H,21,22). The van der Waals surface area contributed by atoms with Gasteiger partial charge in [0.15, 0.2) is 5.69 Å². The van der Waals surface area contributed by atoms with Gasteiger partial charge < -0.3 is 4.90 Å². The first-order valence-electron chi connectivity index (χ1n) is 7.28. The van der Waals surface area contributed by atoms with Crippen LogP contribution in [0.2, 0.25) is 0 Å². The third-order valence-corrected chi connectivity index (χ3v) is 3.97. The molecule has 2 aromatic rings. The van der Waals surface area contributed by atoms with Gasteiger partial charge in [0.05, 0.1) is 12.5 Å². The Morgan fingerprint density at radius 1 is 1.33 bits per heavy atom. The number of fused-ring (bicyclic) bond motifs is 1. The van der Waals surface area contributed by atoms with E-state index in [0.29, 0.717) is 24.2 Å². The zero-order chi connectivity index (χ0) is 17.3. The molecule has 1 aromatic carbocycles. The summed E-state index contributed by atoms with van der Waals surface area (Å²) in [5.74, 6) is -0.335. The smallest absolute Gasteiger partial charge is 0.334 e. The maximum atomic E-state index is 13.0. The molecule has 1 amide bonds. The molecule has 0 saturated carbocycles. The van der Waals surface area contributed by atoms with Crippen molar-refractivity contribution < 1.29 is 18.0 Å². The predicted molar refractivity (Wildman–Crippen MR) is 77.8 cm³/mol. The molecule has 0 atom stereocenters. The van der Waals surface area contributed by atoms with Gasteiger partial charge in [-0.3, -0.25) is 9.89 Å². The Bertz CT molecular complexity index is 802. The molecule has 0 spiro atoms. The Hall–Kier alpha value is -2.82. The Balaban J connectivity index is 1.81. The second-order valence-electron chi connectivity index (χ2n) is 5.54. The van der Waals surface area contributed by atoms with Gasteiger partial charge in [-0.15, -0.1) is 0 Å². The molecule has 8 heteroatoms. The SMILES string of the molecule is N#CCc1ccc(C(=O)N2CCc3[nH]nc(C(F)(F)F)c3C2)cc1. The first kappa shape index (κ1) is 16.1. The number of alkyl halides is 3. The summed E-state index contributed by atoms with van der Waals surface area (Å²) in [5.41, 5.74) is 0.666. The lowest BCUT2D eigenvalue weighted by atomic mass is 10.0. The van der Waals surface area contributed by atoms with Crippen molar-refractivity contribution in [3.8, 4) is 6.07 Å². The van der Waals surface area contributed by atoms with Crippen LogP contribution in [-0.2, 0) is 25.6 Å². The molecule has 0 bridgehead atoms. The summed E-state index contributed by atoms with van der Waals surface area (Å²) in [5, 5.41) is 14.4. The third-order valence-electron chi connectivity index (χ3n) is 3.97. The van der Waals surface area contributed by atoms with E-state index in [4.69, 9.17) is 5.26 Å². The van der Waals surface area contributed by atoms with Crippen LogP contribution in [0, 0.1) is 11.3 Å². The molecule has 1 aromatic heterocycles. The van der Waals surface area contributed by atoms with Crippen molar-refractivity contribution in [1.29, 1.82) is 5.26 Å². The maximum Gasteiger partial charge on any atom is 0.435 e. The highest BCUT2D eigenvalue weighted by atomic mass is 19.4. The molecule has 1 aliphatic heterocycles. The Kier molecular flexibility index (Phi) is 4.01. The first-order chi connectivity index (χ1) is 11.4. The average molecular weight is 334 g/mol. The van der Waals surface area contributed by atoms with Gasteiger partial charge in [-0.25, -0.2) is 0 Å². The number of nitriles is 1. The lowest BCUT2D eigenvalue weighted by Crippen LogP contribution is -2.36. The maximum absolute atomic E-state index is 13.0. The molecule has 0 radical (unpaired) electrons. The van der Waals surface area contributed by atoms with E-state index in [-0.39, 0.29) is 24.4 Å². The van der Waals surface area contributed by atoms with Crippen LogP contribution in [-0.4, -0.2) is 27.5 Å². The van der Waals surface area contributed by atoms with Crippen LogP contribution in [0.25, 0.3) is 0 Å². The fourth-order valence-corrected chi connectivity index (χ4v) is 2.74. The van der Waals surface area contributed by atoms with Crippen molar-refractivity contribution in [3.05, 3.63) is 52.3 Å². The van der Waals surface area contributed by atoms with Gasteiger partial charge in [0, 0.05) is 36.3 Å². The van der Waals surface area contributed by atoms with Gasteiger partial charge in [-0.2, -0.15) is 23.5 Å². The molecule has 0 saturated heterocycles. The summed E-state index contributed by atoms with van der Waals surface area (Å²) in [7, 11) is 0. The predicted octanol–water partition coefficient (Wildman–Crippen LogP) is 2.69. The number of nitrogens with zero attached hydrogens (tertiary/aromatic N) is 3.